The minimum atomic E-state index is -4.96. The first-order valence-electron chi connectivity index (χ1n) is 40.2. The molecule has 17 nitrogen and oxygen atoms in total. The highest BCUT2D eigenvalue weighted by Crippen LogP contribution is 2.45. The van der Waals surface area contributed by atoms with Gasteiger partial charge in [0.25, 0.3) is 0 Å². The molecular weight excluding hydrogens is 1270 g/mol. The second-order valence-electron chi connectivity index (χ2n) is 30.0. The normalized spacial score (nSPS) is 14.1. The molecule has 0 aliphatic heterocycles. The molecule has 19 heteroatoms. The third-order valence-corrected chi connectivity index (χ3v) is 20.0. The van der Waals surface area contributed by atoms with Crippen molar-refractivity contribution in [1.29, 1.82) is 0 Å². The maximum Gasteiger partial charge on any atom is 0.472 e. The fraction of sp³-hybridized carbons (Fsp3) is 0.949. The highest BCUT2D eigenvalue weighted by Gasteiger charge is 2.30. The van der Waals surface area contributed by atoms with Gasteiger partial charge in [-0.25, -0.2) is 9.13 Å². The summed E-state index contributed by atoms with van der Waals surface area (Å²) in [7, 11) is -9.91. The largest absolute Gasteiger partial charge is 0.472 e. The number of carbonyl (C=O) groups excluding carboxylic acids is 4. The molecule has 0 aromatic carbocycles. The Morgan fingerprint density at radius 3 is 0.639 bits per heavy atom. The van der Waals surface area contributed by atoms with E-state index in [0.717, 1.165) is 108 Å². The van der Waals surface area contributed by atoms with Gasteiger partial charge in [-0.2, -0.15) is 0 Å². The molecule has 0 aromatic heterocycles. The summed E-state index contributed by atoms with van der Waals surface area (Å²) in [6.45, 7) is 14.2. The third kappa shape index (κ3) is 72.2. The molecule has 0 aliphatic rings. The smallest absolute Gasteiger partial charge is 0.462 e. The molecule has 0 fully saturated rings. The zero-order valence-electron chi connectivity index (χ0n) is 63.7. The molecule has 0 aromatic rings. The van der Waals surface area contributed by atoms with Crippen molar-refractivity contribution in [1.82, 2.24) is 0 Å². The first-order chi connectivity index (χ1) is 46.6. The molecule has 5 atom stereocenters. The first kappa shape index (κ1) is 95.1. The second kappa shape index (κ2) is 67.2. The van der Waals surface area contributed by atoms with Gasteiger partial charge in [0.15, 0.2) is 12.2 Å². The van der Waals surface area contributed by atoms with E-state index in [1.807, 2.05) is 0 Å². The fourth-order valence-corrected chi connectivity index (χ4v) is 13.5. The van der Waals surface area contributed by atoms with E-state index in [1.165, 1.54) is 193 Å². The van der Waals surface area contributed by atoms with E-state index >= 15 is 0 Å². The molecule has 0 amide bonds. The molecule has 0 saturated carbocycles. The lowest BCUT2D eigenvalue weighted by Gasteiger charge is -2.21. The lowest BCUT2D eigenvalue weighted by Crippen LogP contribution is -2.30. The highest BCUT2D eigenvalue weighted by molar-refractivity contribution is 7.47. The number of unbranched alkanes of at least 4 members (excludes halogenated alkanes) is 41. The van der Waals surface area contributed by atoms with E-state index in [0.29, 0.717) is 37.5 Å². The molecule has 576 valence electrons. The van der Waals surface area contributed by atoms with Crippen molar-refractivity contribution >= 4 is 39.5 Å². The summed E-state index contributed by atoms with van der Waals surface area (Å²) in [5.41, 5.74) is 0. The quantitative estimate of drug-likeness (QED) is 0.0222. The van der Waals surface area contributed by atoms with Crippen LogP contribution in [0.25, 0.3) is 0 Å². The number of carbonyl (C=O) groups is 4. The van der Waals surface area contributed by atoms with Crippen LogP contribution in [0.5, 0.6) is 0 Å². The van der Waals surface area contributed by atoms with Crippen LogP contribution in [0.2, 0.25) is 0 Å². The van der Waals surface area contributed by atoms with Gasteiger partial charge >= 0.3 is 39.5 Å². The Morgan fingerprint density at radius 1 is 0.258 bits per heavy atom. The molecular formula is C78H152O17P2. The number of hydrogen-bond acceptors (Lipinski definition) is 15. The van der Waals surface area contributed by atoms with E-state index in [-0.39, 0.29) is 25.7 Å². The zero-order valence-corrected chi connectivity index (χ0v) is 65.5. The molecule has 0 heterocycles. The Labute approximate surface area is 594 Å². The molecule has 0 saturated heterocycles. The minimum Gasteiger partial charge on any atom is -0.462 e. The molecule has 97 heavy (non-hydrogen) atoms. The van der Waals surface area contributed by atoms with E-state index < -0.39 is 97.5 Å². The Kier molecular flexibility index (Phi) is 65.9. The van der Waals surface area contributed by atoms with Crippen molar-refractivity contribution in [3.8, 4) is 0 Å². The molecule has 0 spiro atoms. The van der Waals surface area contributed by atoms with Crippen LogP contribution in [0.3, 0.4) is 0 Å². The Morgan fingerprint density at radius 2 is 0.433 bits per heavy atom. The summed E-state index contributed by atoms with van der Waals surface area (Å²) >= 11 is 0. The average Bonchev–Trinajstić information content (AvgIpc) is 1.03. The fourth-order valence-electron chi connectivity index (χ4n) is 11.9. The van der Waals surface area contributed by atoms with Crippen molar-refractivity contribution < 1.29 is 80.2 Å². The van der Waals surface area contributed by atoms with E-state index in [9.17, 15) is 43.2 Å². The third-order valence-electron chi connectivity index (χ3n) is 18.1. The number of aliphatic hydroxyl groups is 1. The van der Waals surface area contributed by atoms with E-state index in [1.54, 1.807) is 0 Å². The number of rotatable bonds is 75. The predicted molar refractivity (Wildman–Crippen MR) is 395 cm³/mol. The predicted octanol–water partition coefficient (Wildman–Crippen LogP) is 22.8. The van der Waals surface area contributed by atoms with Gasteiger partial charge in [-0.1, -0.05) is 344 Å². The molecule has 0 aliphatic carbocycles. The number of aliphatic hydroxyl groups excluding tert-OH is 1. The van der Waals surface area contributed by atoms with Gasteiger partial charge in [0, 0.05) is 25.7 Å². The number of phosphoric ester groups is 2. The Balaban J connectivity index is 5.16. The number of phosphoric acid groups is 2. The van der Waals surface area contributed by atoms with Crippen molar-refractivity contribution in [3.05, 3.63) is 0 Å². The summed E-state index contributed by atoms with van der Waals surface area (Å²) in [6.07, 6.45) is 53.0. The highest BCUT2D eigenvalue weighted by atomic mass is 31.2. The summed E-state index contributed by atoms with van der Waals surface area (Å²) in [5, 5.41) is 10.6. The van der Waals surface area contributed by atoms with Crippen LogP contribution < -0.4 is 0 Å². The van der Waals surface area contributed by atoms with Crippen molar-refractivity contribution in [2.24, 2.45) is 23.7 Å². The van der Waals surface area contributed by atoms with Gasteiger partial charge in [-0.05, 0) is 49.4 Å². The number of hydrogen-bond donors (Lipinski definition) is 3. The second-order valence-corrected chi connectivity index (χ2v) is 32.9. The molecule has 0 rings (SSSR count). The molecule has 0 radical (unpaired) electrons. The van der Waals surface area contributed by atoms with Crippen molar-refractivity contribution in [2.75, 3.05) is 39.6 Å². The lowest BCUT2D eigenvalue weighted by molar-refractivity contribution is -0.161. The topological polar surface area (TPSA) is 237 Å². The van der Waals surface area contributed by atoms with Gasteiger partial charge in [-0.3, -0.25) is 37.3 Å². The van der Waals surface area contributed by atoms with Crippen LogP contribution >= 0.6 is 15.6 Å². The SMILES string of the molecule is CC(C)CCCCCCCCCCCCCCCCCCC(=O)OC[C@H](COP(=O)(O)OCC(O)COP(=O)(O)OC[C@@H](COC(=O)CCCCCCCCCC(C)C)OC(=O)CCCCCCCCCCCCCCCCCC(C)C)OC(=O)CCCCCCCCCC(C)C. The van der Waals surface area contributed by atoms with Gasteiger partial charge in [0.2, 0.25) is 0 Å². The van der Waals surface area contributed by atoms with E-state index in [2.05, 4.69) is 55.4 Å². The van der Waals surface area contributed by atoms with Gasteiger partial charge in [-0.15, -0.1) is 0 Å². The van der Waals surface area contributed by atoms with Crippen molar-refractivity contribution in [2.45, 2.75) is 414 Å². The first-order valence-corrected chi connectivity index (χ1v) is 43.2. The maximum atomic E-state index is 13.1. The van der Waals surface area contributed by atoms with E-state index in [4.69, 9.17) is 37.0 Å². The summed E-state index contributed by atoms with van der Waals surface area (Å²) in [4.78, 5) is 72.8. The summed E-state index contributed by atoms with van der Waals surface area (Å²) < 4.78 is 68.5. The van der Waals surface area contributed by atoms with Crippen LogP contribution in [0.1, 0.15) is 396 Å². The summed E-state index contributed by atoms with van der Waals surface area (Å²) in [6, 6.07) is 0. The number of ether oxygens (including phenoxy) is 4. The van der Waals surface area contributed by atoms with Crippen molar-refractivity contribution in [3.63, 3.8) is 0 Å². The van der Waals surface area contributed by atoms with Gasteiger partial charge in [0.1, 0.15) is 19.3 Å². The number of esters is 4. The lowest BCUT2D eigenvalue weighted by atomic mass is 10.0. The molecule has 0 bridgehead atoms. The van der Waals surface area contributed by atoms with Gasteiger partial charge in [0.05, 0.1) is 26.4 Å². The molecule has 3 N–H and O–H groups in total. The molecule has 3 unspecified atom stereocenters. The zero-order chi connectivity index (χ0) is 71.7. The standard InChI is InChI=1S/C78H152O17P2/c1-68(2)54-46-38-30-24-20-16-12-9-10-14-18-22-26-34-42-50-58-75(80)88-64-74(95-78(83)61-53-45-37-29-33-41-49-57-71(7)8)67-93-97(86,87)91-63-72(79)62-90-96(84,85)92-66-73(65-89-76(81)59-51-43-36-28-32-40-48-56-70(5)6)94-77(82)60-52-44-35-27-23-19-15-11-13-17-21-25-31-39-47-55-69(3)4/h68-74,79H,9-67H2,1-8H3,(H,84,85)(H,86,87)/t72?,73-,74-/m1/s1. The maximum absolute atomic E-state index is 13.1. The monoisotopic (exact) mass is 1420 g/mol. The van der Waals surface area contributed by atoms with Crippen LogP contribution in [0.15, 0.2) is 0 Å². The van der Waals surface area contributed by atoms with Crippen LogP contribution in [0.4, 0.5) is 0 Å². The van der Waals surface area contributed by atoms with Gasteiger partial charge < -0.3 is 33.8 Å². The Bertz CT molecular complexity index is 1900. The van der Waals surface area contributed by atoms with Crippen LogP contribution in [0, 0.1) is 23.7 Å². The van der Waals surface area contributed by atoms with Crippen LogP contribution in [-0.4, -0.2) is 96.7 Å². The average molecular weight is 1420 g/mol. The Hall–Kier alpha value is -1.94. The summed E-state index contributed by atoms with van der Waals surface area (Å²) in [5.74, 6) is 0.894. The van der Waals surface area contributed by atoms with Crippen LogP contribution in [-0.2, 0) is 65.4 Å². The minimum absolute atomic E-state index is 0.103.